The standard InChI is InChI=1S/C15H15NO/c1-10-2-4-14-13-5-3-12(16)9-11(13)6-7-17-15(14)8-10/h2-5,8-9H,6-7,16H2,1H3. The van der Waals surface area contributed by atoms with Crippen molar-refractivity contribution in [3.63, 3.8) is 0 Å². The van der Waals surface area contributed by atoms with Gasteiger partial charge in [-0.25, -0.2) is 0 Å². The van der Waals surface area contributed by atoms with Gasteiger partial charge in [-0.3, -0.25) is 0 Å². The van der Waals surface area contributed by atoms with Gasteiger partial charge in [0.2, 0.25) is 0 Å². The van der Waals surface area contributed by atoms with Crippen molar-refractivity contribution in [1.29, 1.82) is 0 Å². The van der Waals surface area contributed by atoms with Crippen molar-refractivity contribution in [2.45, 2.75) is 13.3 Å². The minimum absolute atomic E-state index is 0.715. The maximum atomic E-state index is 5.84. The number of hydrogen-bond donors (Lipinski definition) is 1. The van der Waals surface area contributed by atoms with E-state index in [4.69, 9.17) is 10.5 Å². The molecule has 0 saturated heterocycles. The van der Waals surface area contributed by atoms with Crippen LogP contribution in [0.25, 0.3) is 11.1 Å². The van der Waals surface area contributed by atoms with Gasteiger partial charge in [-0.2, -0.15) is 0 Å². The fraction of sp³-hybridized carbons (Fsp3) is 0.200. The van der Waals surface area contributed by atoms with Gasteiger partial charge in [-0.15, -0.1) is 0 Å². The molecule has 86 valence electrons. The number of nitrogen functional groups attached to an aromatic ring is 1. The highest BCUT2D eigenvalue weighted by atomic mass is 16.5. The summed E-state index contributed by atoms with van der Waals surface area (Å²) in [4.78, 5) is 0. The Kier molecular flexibility index (Phi) is 2.29. The second kappa shape index (κ2) is 3.81. The van der Waals surface area contributed by atoms with Gasteiger partial charge >= 0.3 is 0 Å². The van der Waals surface area contributed by atoms with Gasteiger partial charge < -0.3 is 10.5 Å². The quantitative estimate of drug-likeness (QED) is 0.699. The molecule has 0 fully saturated rings. The van der Waals surface area contributed by atoms with Gasteiger partial charge in [-0.05, 0) is 41.8 Å². The minimum atomic E-state index is 0.715. The Morgan fingerprint density at radius 2 is 1.88 bits per heavy atom. The summed E-state index contributed by atoms with van der Waals surface area (Å²) in [7, 11) is 0. The van der Waals surface area contributed by atoms with Crippen LogP contribution in [-0.2, 0) is 6.42 Å². The molecule has 2 aromatic carbocycles. The van der Waals surface area contributed by atoms with Gasteiger partial charge in [0.25, 0.3) is 0 Å². The van der Waals surface area contributed by atoms with Gasteiger partial charge in [0.15, 0.2) is 0 Å². The number of ether oxygens (including phenoxy) is 1. The summed E-state index contributed by atoms with van der Waals surface area (Å²) >= 11 is 0. The lowest BCUT2D eigenvalue weighted by Gasteiger charge is -2.09. The van der Waals surface area contributed by atoms with Crippen molar-refractivity contribution in [2.75, 3.05) is 12.3 Å². The second-order valence-corrected chi connectivity index (χ2v) is 4.51. The van der Waals surface area contributed by atoms with E-state index in [1.807, 2.05) is 12.1 Å². The lowest BCUT2D eigenvalue weighted by Crippen LogP contribution is -1.99. The van der Waals surface area contributed by atoms with Crippen LogP contribution in [0.5, 0.6) is 5.75 Å². The number of rotatable bonds is 0. The third-order valence-electron chi connectivity index (χ3n) is 3.19. The largest absolute Gasteiger partial charge is 0.493 e. The van der Waals surface area contributed by atoms with Crippen LogP contribution < -0.4 is 10.5 Å². The molecular formula is C15H15NO. The number of hydrogen-bond acceptors (Lipinski definition) is 2. The molecule has 1 aliphatic rings. The first kappa shape index (κ1) is 10.2. The smallest absolute Gasteiger partial charge is 0.127 e. The Morgan fingerprint density at radius 3 is 2.76 bits per heavy atom. The zero-order valence-electron chi connectivity index (χ0n) is 9.86. The average Bonchev–Trinajstić information content (AvgIpc) is 2.47. The zero-order valence-corrected chi connectivity index (χ0v) is 9.86. The van der Waals surface area contributed by atoms with E-state index in [0.717, 1.165) is 17.9 Å². The molecule has 3 rings (SSSR count). The Balaban J connectivity index is 2.24. The van der Waals surface area contributed by atoms with Crippen LogP contribution in [0.4, 0.5) is 5.69 Å². The highest BCUT2D eigenvalue weighted by molar-refractivity contribution is 5.76. The third kappa shape index (κ3) is 1.76. The lowest BCUT2D eigenvalue weighted by molar-refractivity contribution is 0.326. The maximum absolute atomic E-state index is 5.84. The Labute approximate surface area is 101 Å². The van der Waals surface area contributed by atoms with E-state index < -0.39 is 0 Å². The van der Waals surface area contributed by atoms with E-state index in [9.17, 15) is 0 Å². The monoisotopic (exact) mass is 225 g/mol. The molecule has 2 nitrogen and oxygen atoms in total. The number of benzene rings is 2. The average molecular weight is 225 g/mol. The van der Waals surface area contributed by atoms with Crippen molar-refractivity contribution in [3.05, 3.63) is 47.5 Å². The van der Waals surface area contributed by atoms with E-state index >= 15 is 0 Å². The van der Waals surface area contributed by atoms with Crippen LogP contribution in [0.1, 0.15) is 11.1 Å². The molecule has 0 radical (unpaired) electrons. The van der Waals surface area contributed by atoms with Gasteiger partial charge in [0.05, 0.1) is 6.61 Å². The third-order valence-corrected chi connectivity index (χ3v) is 3.19. The molecule has 1 heterocycles. The summed E-state index contributed by atoms with van der Waals surface area (Å²) in [5.41, 5.74) is 11.6. The van der Waals surface area contributed by atoms with Crippen LogP contribution >= 0.6 is 0 Å². The Hall–Kier alpha value is -1.96. The fourth-order valence-corrected chi connectivity index (χ4v) is 2.33. The summed E-state index contributed by atoms with van der Waals surface area (Å²) in [6, 6.07) is 12.4. The number of aryl methyl sites for hydroxylation is 1. The summed E-state index contributed by atoms with van der Waals surface area (Å²) < 4.78 is 5.81. The molecule has 17 heavy (non-hydrogen) atoms. The van der Waals surface area contributed by atoms with E-state index in [-0.39, 0.29) is 0 Å². The van der Waals surface area contributed by atoms with E-state index in [1.54, 1.807) is 0 Å². The van der Waals surface area contributed by atoms with E-state index in [2.05, 4.69) is 31.2 Å². The van der Waals surface area contributed by atoms with Crippen LogP contribution in [-0.4, -0.2) is 6.61 Å². The first-order valence-corrected chi connectivity index (χ1v) is 5.86. The zero-order chi connectivity index (χ0) is 11.8. The van der Waals surface area contributed by atoms with Crippen molar-refractivity contribution in [1.82, 2.24) is 0 Å². The van der Waals surface area contributed by atoms with Crippen LogP contribution in [0, 0.1) is 6.92 Å². The molecule has 0 amide bonds. The number of fused-ring (bicyclic) bond motifs is 3. The Bertz CT molecular complexity index is 524. The van der Waals surface area contributed by atoms with Crippen molar-refractivity contribution < 1.29 is 4.74 Å². The Morgan fingerprint density at radius 1 is 1.06 bits per heavy atom. The molecular weight excluding hydrogens is 210 g/mol. The van der Waals surface area contributed by atoms with Crippen molar-refractivity contribution >= 4 is 5.69 Å². The molecule has 1 aliphatic heterocycles. The summed E-state index contributed by atoms with van der Waals surface area (Å²) in [5.74, 6) is 0.980. The SMILES string of the molecule is Cc1ccc2c(c1)OCCc1cc(N)ccc1-2. The highest BCUT2D eigenvalue weighted by Gasteiger charge is 2.15. The van der Waals surface area contributed by atoms with Crippen LogP contribution in [0.15, 0.2) is 36.4 Å². The minimum Gasteiger partial charge on any atom is -0.493 e. The van der Waals surface area contributed by atoms with Crippen LogP contribution in [0.2, 0.25) is 0 Å². The van der Waals surface area contributed by atoms with Crippen molar-refractivity contribution in [2.24, 2.45) is 0 Å². The van der Waals surface area contributed by atoms with Gasteiger partial charge in [0.1, 0.15) is 5.75 Å². The van der Waals surface area contributed by atoms with Crippen LogP contribution in [0.3, 0.4) is 0 Å². The molecule has 0 aliphatic carbocycles. The molecule has 0 saturated carbocycles. The summed E-state index contributed by atoms with van der Waals surface area (Å²) in [6.45, 7) is 2.80. The number of anilines is 1. The first-order chi connectivity index (χ1) is 8.24. The molecule has 0 unspecified atom stereocenters. The maximum Gasteiger partial charge on any atom is 0.127 e. The predicted octanol–water partition coefficient (Wildman–Crippen LogP) is 3.18. The predicted molar refractivity (Wildman–Crippen MR) is 70.2 cm³/mol. The topological polar surface area (TPSA) is 35.2 Å². The number of nitrogens with two attached hydrogens (primary N) is 1. The molecule has 0 spiro atoms. The van der Waals surface area contributed by atoms with Gasteiger partial charge in [0, 0.05) is 17.7 Å². The van der Waals surface area contributed by atoms with Crippen molar-refractivity contribution in [3.8, 4) is 16.9 Å². The van der Waals surface area contributed by atoms with E-state index in [1.165, 1.54) is 22.3 Å². The molecule has 0 atom stereocenters. The summed E-state index contributed by atoms with van der Waals surface area (Å²) in [6.07, 6.45) is 0.911. The highest BCUT2D eigenvalue weighted by Crippen LogP contribution is 2.36. The second-order valence-electron chi connectivity index (χ2n) is 4.51. The van der Waals surface area contributed by atoms with E-state index in [0.29, 0.717) is 6.61 Å². The van der Waals surface area contributed by atoms with Gasteiger partial charge in [-0.1, -0.05) is 18.2 Å². The molecule has 2 aromatic rings. The lowest BCUT2D eigenvalue weighted by atomic mass is 9.97. The fourth-order valence-electron chi connectivity index (χ4n) is 2.33. The normalized spacial score (nSPS) is 13.2. The first-order valence-electron chi connectivity index (χ1n) is 5.86. The molecule has 0 bridgehead atoms. The molecule has 2 N–H and O–H groups in total. The molecule has 0 aromatic heterocycles. The molecule has 2 heteroatoms. The summed E-state index contributed by atoms with van der Waals surface area (Å²) in [5, 5.41) is 0.